The number of nitrogens with zero attached hydrogens (tertiary/aromatic N) is 2. The topological polar surface area (TPSA) is 122 Å². The summed E-state index contributed by atoms with van der Waals surface area (Å²) in [6, 6.07) is 12.5. The van der Waals surface area contributed by atoms with Gasteiger partial charge in [-0.2, -0.15) is 5.26 Å². The van der Waals surface area contributed by atoms with Crippen molar-refractivity contribution in [2.45, 2.75) is 6.92 Å². The van der Waals surface area contributed by atoms with Gasteiger partial charge >= 0.3 is 5.97 Å². The van der Waals surface area contributed by atoms with Gasteiger partial charge in [-0.05, 0) is 25.1 Å². The minimum Gasteiger partial charge on any atom is -0.452 e. The van der Waals surface area contributed by atoms with Crippen LogP contribution >= 0.6 is 0 Å². The van der Waals surface area contributed by atoms with Gasteiger partial charge in [0.05, 0.1) is 16.2 Å². The Bertz CT molecular complexity index is 886. The maximum atomic E-state index is 12.0. The lowest BCUT2D eigenvalue weighted by Gasteiger charge is -2.08. The fraction of sp³-hybridized carbons (Fsp3) is 0.118. The Labute approximate surface area is 142 Å². The summed E-state index contributed by atoms with van der Waals surface area (Å²) >= 11 is 0. The maximum Gasteiger partial charge on any atom is 0.345 e. The van der Waals surface area contributed by atoms with Crippen LogP contribution in [0, 0.1) is 28.4 Å². The van der Waals surface area contributed by atoms with Gasteiger partial charge in [0.25, 0.3) is 11.6 Å². The van der Waals surface area contributed by atoms with Gasteiger partial charge in [0.15, 0.2) is 6.61 Å². The van der Waals surface area contributed by atoms with E-state index in [0.717, 1.165) is 0 Å². The number of nitrogens with one attached hydrogen (secondary N) is 1. The van der Waals surface area contributed by atoms with Crippen LogP contribution in [0.4, 0.5) is 11.4 Å². The predicted molar refractivity (Wildman–Crippen MR) is 87.9 cm³/mol. The first-order chi connectivity index (χ1) is 11.9. The van der Waals surface area contributed by atoms with Gasteiger partial charge in [-0.25, -0.2) is 4.79 Å². The molecule has 0 bridgehead atoms. The fourth-order valence-electron chi connectivity index (χ4n) is 2.15. The van der Waals surface area contributed by atoms with Gasteiger partial charge < -0.3 is 10.1 Å². The molecule has 25 heavy (non-hydrogen) atoms. The first-order valence-corrected chi connectivity index (χ1v) is 7.14. The number of nitro benzene ring substituents is 1. The molecule has 0 aliphatic carbocycles. The van der Waals surface area contributed by atoms with Crippen molar-refractivity contribution in [2.75, 3.05) is 11.9 Å². The SMILES string of the molecule is Cc1cccc(C(=O)OCC(=O)Nc2ccccc2C#N)c1[N+](=O)[O-]. The normalized spacial score (nSPS) is 9.76. The van der Waals surface area contributed by atoms with Gasteiger partial charge in [0, 0.05) is 5.56 Å². The number of esters is 1. The molecule has 8 heteroatoms. The van der Waals surface area contributed by atoms with E-state index >= 15 is 0 Å². The molecule has 0 aliphatic heterocycles. The highest BCUT2D eigenvalue weighted by atomic mass is 16.6. The second-order valence-electron chi connectivity index (χ2n) is 5.01. The number of hydrogen-bond acceptors (Lipinski definition) is 6. The number of rotatable bonds is 5. The number of nitro groups is 1. The lowest BCUT2D eigenvalue weighted by atomic mass is 10.1. The van der Waals surface area contributed by atoms with Crippen molar-refractivity contribution in [1.29, 1.82) is 5.26 Å². The molecule has 0 saturated heterocycles. The third-order valence-corrected chi connectivity index (χ3v) is 3.30. The Morgan fingerprint density at radius 3 is 2.64 bits per heavy atom. The number of carbonyl (C=O) groups excluding carboxylic acids is 2. The average Bonchev–Trinajstić information content (AvgIpc) is 2.59. The molecule has 0 saturated carbocycles. The molecule has 2 aromatic rings. The van der Waals surface area contributed by atoms with E-state index in [-0.39, 0.29) is 22.5 Å². The van der Waals surface area contributed by atoms with E-state index in [1.54, 1.807) is 12.1 Å². The monoisotopic (exact) mass is 339 g/mol. The molecule has 2 rings (SSSR count). The molecular formula is C17H13N3O5. The van der Waals surface area contributed by atoms with Gasteiger partial charge in [-0.3, -0.25) is 14.9 Å². The number of amides is 1. The smallest absolute Gasteiger partial charge is 0.345 e. The molecular weight excluding hydrogens is 326 g/mol. The zero-order chi connectivity index (χ0) is 18.4. The largest absolute Gasteiger partial charge is 0.452 e. The molecule has 126 valence electrons. The van der Waals surface area contributed by atoms with Crippen LogP contribution in [-0.4, -0.2) is 23.4 Å². The van der Waals surface area contributed by atoms with Crippen LogP contribution in [0.2, 0.25) is 0 Å². The van der Waals surface area contributed by atoms with Crippen molar-refractivity contribution in [2.24, 2.45) is 0 Å². The maximum absolute atomic E-state index is 12.0. The minimum absolute atomic E-state index is 0.227. The molecule has 2 aromatic carbocycles. The van der Waals surface area contributed by atoms with Crippen LogP contribution in [0.3, 0.4) is 0 Å². The standard InChI is InChI=1S/C17H13N3O5/c1-11-5-4-7-13(16(11)20(23)24)17(22)25-10-15(21)19-14-8-3-2-6-12(14)9-18/h2-8H,10H2,1H3,(H,19,21). The number of hydrogen-bond donors (Lipinski definition) is 1. The van der Waals surface area contributed by atoms with Crippen molar-refractivity contribution < 1.29 is 19.2 Å². The first-order valence-electron chi connectivity index (χ1n) is 7.14. The van der Waals surface area contributed by atoms with Gasteiger partial charge in [0.2, 0.25) is 0 Å². The molecule has 0 aliphatic rings. The molecule has 0 unspecified atom stereocenters. The van der Waals surface area contributed by atoms with E-state index in [0.29, 0.717) is 5.56 Å². The number of aryl methyl sites for hydroxylation is 1. The second-order valence-corrected chi connectivity index (χ2v) is 5.01. The van der Waals surface area contributed by atoms with E-state index in [1.807, 2.05) is 6.07 Å². The van der Waals surface area contributed by atoms with Crippen LogP contribution in [0.1, 0.15) is 21.5 Å². The zero-order valence-corrected chi connectivity index (χ0v) is 13.2. The minimum atomic E-state index is -0.973. The number of benzene rings is 2. The summed E-state index contributed by atoms with van der Waals surface area (Å²) in [6.07, 6.45) is 0. The molecule has 0 radical (unpaired) electrons. The molecule has 0 fully saturated rings. The molecule has 1 amide bonds. The van der Waals surface area contributed by atoms with Crippen molar-refractivity contribution in [3.05, 3.63) is 69.3 Å². The Balaban J connectivity index is 2.06. The van der Waals surface area contributed by atoms with Crippen molar-refractivity contribution in [3.63, 3.8) is 0 Å². The number of carbonyl (C=O) groups is 2. The van der Waals surface area contributed by atoms with Crippen LogP contribution in [0.15, 0.2) is 42.5 Å². The third-order valence-electron chi connectivity index (χ3n) is 3.30. The van der Waals surface area contributed by atoms with Gasteiger partial charge in [-0.1, -0.05) is 24.3 Å². The molecule has 0 atom stereocenters. The van der Waals surface area contributed by atoms with E-state index in [2.05, 4.69) is 5.32 Å². The van der Waals surface area contributed by atoms with Crippen LogP contribution < -0.4 is 5.32 Å². The summed E-state index contributed by atoms with van der Waals surface area (Å²) in [5.41, 5.74) is 0.272. The second kappa shape index (κ2) is 7.70. The first kappa shape index (κ1) is 17.6. The number of nitriles is 1. The molecule has 0 heterocycles. The summed E-state index contributed by atoms with van der Waals surface area (Å²) < 4.78 is 4.84. The van der Waals surface area contributed by atoms with Crippen molar-refractivity contribution in [3.8, 4) is 6.07 Å². The average molecular weight is 339 g/mol. The van der Waals surface area contributed by atoms with E-state index in [4.69, 9.17) is 10.00 Å². The number of anilines is 1. The summed E-state index contributed by atoms with van der Waals surface area (Å²) in [4.78, 5) is 34.3. The highest BCUT2D eigenvalue weighted by Gasteiger charge is 2.24. The highest BCUT2D eigenvalue weighted by molar-refractivity contribution is 5.98. The summed E-state index contributed by atoms with van der Waals surface area (Å²) in [5, 5.41) is 22.5. The molecule has 1 N–H and O–H groups in total. The molecule has 0 aromatic heterocycles. The van der Waals surface area contributed by atoms with E-state index < -0.39 is 23.4 Å². The Hall–Kier alpha value is -3.73. The number of para-hydroxylation sites is 2. The van der Waals surface area contributed by atoms with Gasteiger partial charge in [-0.15, -0.1) is 0 Å². The molecule has 8 nitrogen and oxygen atoms in total. The van der Waals surface area contributed by atoms with Crippen molar-refractivity contribution >= 4 is 23.3 Å². The predicted octanol–water partition coefficient (Wildman–Crippen LogP) is 2.57. The van der Waals surface area contributed by atoms with Crippen molar-refractivity contribution in [1.82, 2.24) is 0 Å². The molecule has 0 spiro atoms. The van der Waals surface area contributed by atoms with Crippen LogP contribution in [0.5, 0.6) is 0 Å². The lowest BCUT2D eigenvalue weighted by molar-refractivity contribution is -0.385. The Morgan fingerprint density at radius 2 is 1.96 bits per heavy atom. The van der Waals surface area contributed by atoms with Crippen LogP contribution in [0.25, 0.3) is 0 Å². The van der Waals surface area contributed by atoms with E-state index in [1.165, 1.54) is 37.3 Å². The van der Waals surface area contributed by atoms with E-state index in [9.17, 15) is 19.7 Å². The fourth-order valence-corrected chi connectivity index (χ4v) is 2.15. The Kier molecular flexibility index (Phi) is 5.43. The Morgan fingerprint density at radius 1 is 1.24 bits per heavy atom. The van der Waals surface area contributed by atoms with Crippen LogP contribution in [-0.2, 0) is 9.53 Å². The summed E-state index contributed by atoms with van der Waals surface area (Å²) in [7, 11) is 0. The third kappa shape index (κ3) is 4.17. The quantitative estimate of drug-likeness (QED) is 0.507. The summed E-state index contributed by atoms with van der Waals surface area (Å²) in [6.45, 7) is 0.865. The lowest BCUT2D eigenvalue weighted by Crippen LogP contribution is -2.21. The van der Waals surface area contributed by atoms with Gasteiger partial charge in [0.1, 0.15) is 11.6 Å². The zero-order valence-electron chi connectivity index (χ0n) is 13.2. The highest BCUT2D eigenvalue weighted by Crippen LogP contribution is 2.23. The number of ether oxygens (including phenoxy) is 1. The summed E-state index contributed by atoms with van der Waals surface area (Å²) in [5.74, 6) is -1.63.